The van der Waals surface area contributed by atoms with Crippen LogP contribution in [0.25, 0.3) is 5.69 Å². The summed E-state index contributed by atoms with van der Waals surface area (Å²) < 4.78 is 3.38. The molecule has 0 fully saturated rings. The van der Waals surface area contributed by atoms with Crippen LogP contribution in [0.2, 0.25) is 0 Å². The first-order chi connectivity index (χ1) is 14.0. The van der Waals surface area contributed by atoms with E-state index < -0.39 is 17.9 Å². The van der Waals surface area contributed by atoms with E-state index in [0.29, 0.717) is 12.1 Å². The second-order valence-corrected chi connectivity index (χ2v) is 6.81. The highest BCUT2D eigenvalue weighted by Crippen LogP contribution is 2.12. The normalized spacial score (nSPS) is 13.0. The van der Waals surface area contributed by atoms with Gasteiger partial charge in [0.2, 0.25) is 5.82 Å². The van der Waals surface area contributed by atoms with Crippen molar-refractivity contribution in [1.29, 1.82) is 0 Å². The van der Waals surface area contributed by atoms with Gasteiger partial charge in [-0.05, 0) is 38.3 Å². The number of carbonyl (C=O) groups is 2. The van der Waals surface area contributed by atoms with Gasteiger partial charge in [-0.15, -0.1) is 5.10 Å². The molecule has 152 valence electrons. The highest BCUT2D eigenvalue weighted by Gasteiger charge is 2.24. The van der Waals surface area contributed by atoms with Gasteiger partial charge in [0.25, 0.3) is 5.91 Å². The van der Waals surface area contributed by atoms with Crippen molar-refractivity contribution in [2.75, 3.05) is 0 Å². The molecule has 29 heavy (non-hydrogen) atoms. The van der Waals surface area contributed by atoms with Gasteiger partial charge in [0, 0.05) is 24.3 Å². The van der Waals surface area contributed by atoms with Gasteiger partial charge in [0.1, 0.15) is 6.04 Å². The maximum Gasteiger partial charge on any atom is 0.326 e. The predicted molar refractivity (Wildman–Crippen MR) is 106 cm³/mol. The van der Waals surface area contributed by atoms with E-state index in [1.54, 1.807) is 15.4 Å². The minimum atomic E-state index is -1.11. The van der Waals surface area contributed by atoms with Crippen LogP contribution < -0.4 is 5.32 Å². The van der Waals surface area contributed by atoms with Crippen LogP contribution in [-0.4, -0.2) is 47.6 Å². The summed E-state index contributed by atoms with van der Waals surface area (Å²) in [6.07, 6.45) is 6.49. The van der Waals surface area contributed by atoms with Crippen molar-refractivity contribution < 1.29 is 14.7 Å². The molecule has 0 radical (unpaired) electrons. The van der Waals surface area contributed by atoms with E-state index >= 15 is 0 Å². The number of aromatic nitrogens is 5. The summed E-state index contributed by atoms with van der Waals surface area (Å²) >= 11 is 0. The van der Waals surface area contributed by atoms with Crippen LogP contribution in [0.15, 0.2) is 48.9 Å². The lowest BCUT2D eigenvalue weighted by Crippen LogP contribution is -2.42. The van der Waals surface area contributed by atoms with Crippen LogP contribution in [0.3, 0.4) is 0 Å². The molecule has 0 aliphatic rings. The zero-order valence-corrected chi connectivity index (χ0v) is 16.4. The number of rotatable bonds is 9. The molecule has 0 aliphatic heterocycles. The molecule has 1 unspecified atom stereocenters. The molecule has 1 amide bonds. The maximum atomic E-state index is 12.7. The highest BCUT2D eigenvalue weighted by atomic mass is 16.4. The summed E-state index contributed by atoms with van der Waals surface area (Å²) in [7, 11) is 0. The predicted octanol–water partition coefficient (Wildman–Crippen LogP) is 2.25. The van der Waals surface area contributed by atoms with Gasteiger partial charge in [0.15, 0.2) is 0 Å². The Balaban J connectivity index is 1.67. The summed E-state index contributed by atoms with van der Waals surface area (Å²) in [5.41, 5.74) is 1.46. The molecular formula is C20H24N6O3. The Morgan fingerprint density at radius 2 is 2.00 bits per heavy atom. The summed E-state index contributed by atoms with van der Waals surface area (Å²) in [4.78, 5) is 28.4. The fourth-order valence-electron chi connectivity index (χ4n) is 2.87. The Hall–Kier alpha value is -3.49. The lowest BCUT2D eigenvalue weighted by Gasteiger charge is -2.14. The van der Waals surface area contributed by atoms with Gasteiger partial charge in [-0.1, -0.05) is 30.3 Å². The van der Waals surface area contributed by atoms with E-state index in [1.807, 2.05) is 43.5 Å². The fourth-order valence-corrected chi connectivity index (χ4v) is 2.87. The van der Waals surface area contributed by atoms with Crippen molar-refractivity contribution in [1.82, 2.24) is 29.9 Å². The number of benzene rings is 1. The topological polar surface area (TPSA) is 115 Å². The second-order valence-electron chi connectivity index (χ2n) is 6.81. The third kappa shape index (κ3) is 4.87. The highest BCUT2D eigenvalue weighted by molar-refractivity contribution is 5.94. The number of nitrogens with one attached hydrogen (secondary N) is 1. The van der Waals surface area contributed by atoms with E-state index in [0.717, 1.165) is 12.1 Å². The molecule has 1 aromatic carbocycles. The molecule has 3 rings (SSSR count). The first-order valence-electron chi connectivity index (χ1n) is 9.52. The summed E-state index contributed by atoms with van der Waals surface area (Å²) in [5, 5.41) is 20.3. The quantitative estimate of drug-likeness (QED) is 0.573. The maximum absolute atomic E-state index is 12.7. The lowest BCUT2D eigenvalue weighted by atomic mass is 10.1. The number of imidazole rings is 1. The molecule has 9 nitrogen and oxygen atoms in total. The summed E-state index contributed by atoms with van der Waals surface area (Å²) in [6, 6.07) is 8.42. The molecule has 3 aromatic rings. The number of hydrogen-bond donors (Lipinski definition) is 2. The van der Waals surface area contributed by atoms with Gasteiger partial charge in [-0.25, -0.2) is 14.5 Å². The number of nitrogens with zero attached hydrogens (tertiary/aromatic N) is 5. The monoisotopic (exact) mass is 396 g/mol. The third-order valence-electron chi connectivity index (χ3n) is 4.77. The number of carbonyl (C=O) groups excluding carboxylic acids is 1. The van der Waals surface area contributed by atoms with Crippen LogP contribution in [0.4, 0.5) is 0 Å². The number of carboxylic acid groups (broad SMARTS) is 1. The standard InChI is InChI=1S/C20H24N6O3/c1-3-14(2)26-13-15(23-24-26)9-10-17(20(28)29)22-19(27)18-21-11-12-25(18)16-7-5-4-6-8-16/h4-8,11-14,17H,3,9-10H2,1-2H3,(H,22,27)(H,28,29)/t14?,17-/m0/s1. The molecule has 0 spiro atoms. The molecular weight excluding hydrogens is 372 g/mol. The molecule has 0 saturated heterocycles. The van der Waals surface area contributed by atoms with Crippen molar-refractivity contribution in [3.8, 4) is 5.69 Å². The molecule has 2 aromatic heterocycles. The molecule has 0 bridgehead atoms. The Morgan fingerprint density at radius 3 is 2.69 bits per heavy atom. The van der Waals surface area contributed by atoms with Gasteiger partial charge in [-0.3, -0.25) is 9.36 Å². The Bertz CT molecular complexity index is 966. The Labute approximate surface area is 168 Å². The van der Waals surface area contributed by atoms with Crippen molar-refractivity contribution >= 4 is 11.9 Å². The van der Waals surface area contributed by atoms with Crippen LogP contribution in [0, 0.1) is 0 Å². The van der Waals surface area contributed by atoms with E-state index in [9.17, 15) is 14.7 Å². The Kier molecular flexibility index (Phi) is 6.38. The van der Waals surface area contributed by atoms with Crippen LogP contribution in [0.5, 0.6) is 0 Å². The average Bonchev–Trinajstić information content (AvgIpc) is 3.40. The first-order valence-corrected chi connectivity index (χ1v) is 9.52. The molecule has 2 heterocycles. The van der Waals surface area contributed by atoms with Crippen LogP contribution in [-0.2, 0) is 11.2 Å². The van der Waals surface area contributed by atoms with Crippen molar-refractivity contribution in [2.45, 2.75) is 45.2 Å². The van der Waals surface area contributed by atoms with Crippen molar-refractivity contribution in [3.05, 3.63) is 60.4 Å². The zero-order valence-electron chi connectivity index (χ0n) is 16.4. The van der Waals surface area contributed by atoms with E-state index in [1.165, 1.54) is 6.20 Å². The van der Waals surface area contributed by atoms with Gasteiger partial charge >= 0.3 is 5.97 Å². The molecule has 0 aliphatic carbocycles. The average molecular weight is 396 g/mol. The van der Waals surface area contributed by atoms with Gasteiger partial charge in [-0.2, -0.15) is 0 Å². The zero-order chi connectivity index (χ0) is 20.8. The SMILES string of the molecule is CCC(C)n1cc(CC[C@H](NC(=O)c2nccn2-c2ccccc2)C(=O)O)nn1. The fraction of sp³-hybridized carbons (Fsp3) is 0.350. The number of aryl methyl sites for hydroxylation is 1. The van der Waals surface area contributed by atoms with E-state index in [4.69, 9.17) is 0 Å². The van der Waals surface area contributed by atoms with Crippen molar-refractivity contribution in [2.24, 2.45) is 0 Å². The number of hydrogen-bond acceptors (Lipinski definition) is 5. The van der Waals surface area contributed by atoms with Crippen molar-refractivity contribution in [3.63, 3.8) is 0 Å². The van der Waals surface area contributed by atoms with E-state index in [-0.39, 0.29) is 18.3 Å². The summed E-state index contributed by atoms with van der Waals surface area (Å²) in [5.74, 6) is -1.52. The first kappa shape index (κ1) is 20.2. The largest absolute Gasteiger partial charge is 0.480 e. The second kappa shape index (κ2) is 9.13. The lowest BCUT2D eigenvalue weighted by molar-refractivity contribution is -0.139. The number of amides is 1. The van der Waals surface area contributed by atoms with Crippen LogP contribution >= 0.6 is 0 Å². The van der Waals surface area contributed by atoms with Gasteiger partial charge < -0.3 is 10.4 Å². The number of aliphatic carboxylic acids is 1. The molecule has 9 heteroatoms. The Morgan fingerprint density at radius 1 is 1.24 bits per heavy atom. The smallest absolute Gasteiger partial charge is 0.326 e. The van der Waals surface area contributed by atoms with Crippen LogP contribution in [0.1, 0.15) is 49.0 Å². The minimum Gasteiger partial charge on any atom is -0.480 e. The molecule has 2 N–H and O–H groups in total. The molecule has 2 atom stereocenters. The van der Waals surface area contributed by atoms with E-state index in [2.05, 4.69) is 27.5 Å². The number of para-hydroxylation sites is 1. The minimum absolute atomic E-state index is 0.130. The molecule has 0 saturated carbocycles. The third-order valence-corrected chi connectivity index (χ3v) is 4.77. The number of carboxylic acids is 1. The van der Waals surface area contributed by atoms with Gasteiger partial charge in [0.05, 0.1) is 11.7 Å². The summed E-state index contributed by atoms with van der Waals surface area (Å²) in [6.45, 7) is 4.09.